The van der Waals surface area contributed by atoms with E-state index in [-0.39, 0.29) is 5.91 Å². The van der Waals surface area contributed by atoms with Crippen LogP contribution in [0.2, 0.25) is 0 Å². The molecular formula is C9H18N2O. The maximum atomic E-state index is 11.4. The summed E-state index contributed by atoms with van der Waals surface area (Å²) in [5.74, 6) is 0.212. The van der Waals surface area contributed by atoms with Gasteiger partial charge in [0.25, 0.3) is 0 Å². The van der Waals surface area contributed by atoms with Crippen molar-refractivity contribution in [2.45, 2.75) is 31.7 Å². The first-order chi connectivity index (χ1) is 5.75. The molecule has 0 aromatic carbocycles. The van der Waals surface area contributed by atoms with Crippen molar-refractivity contribution in [1.29, 1.82) is 0 Å². The van der Waals surface area contributed by atoms with E-state index in [0.29, 0.717) is 12.6 Å². The number of likely N-dealkylation sites (N-methyl/N-ethyl adjacent to an activating group) is 2. The normalized spacial score (nSPS) is 18.2. The van der Waals surface area contributed by atoms with Gasteiger partial charge >= 0.3 is 0 Å². The maximum absolute atomic E-state index is 11.4. The maximum Gasteiger partial charge on any atom is 0.236 e. The number of nitrogens with zero attached hydrogens (tertiary/aromatic N) is 1. The van der Waals surface area contributed by atoms with Crippen molar-refractivity contribution in [2.75, 3.05) is 20.6 Å². The van der Waals surface area contributed by atoms with Crippen LogP contribution in [0, 0.1) is 0 Å². The molecule has 1 N–H and O–H groups in total. The molecule has 3 nitrogen and oxygen atoms in total. The Labute approximate surface area is 74.1 Å². The second-order valence-electron chi connectivity index (χ2n) is 3.47. The Morgan fingerprint density at radius 3 is 2.58 bits per heavy atom. The smallest absolute Gasteiger partial charge is 0.236 e. The van der Waals surface area contributed by atoms with Crippen LogP contribution in [0.1, 0.15) is 25.7 Å². The van der Waals surface area contributed by atoms with Crippen molar-refractivity contribution in [1.82, 2.24) is 10.2 Å². The zero-order chi connectivity index (χ0) is 8.97. The Kier molecular flexibility index (Phi) is 3.53. The molecular weight excluding hydrogens is 152 g/mol. The van der Waals surface area contributed by atoms with Crippen LogP contribution >= 0.6 is 0 Å². The highest BCUT2D eigenvalue weighted by Crippen LogP contribution is 2.22. The molecule has 0 spiro atoms. The van der Waals surface area contributed by atoms with Crippen LogP contribution in [-0.2, 0) is 4.79 Å². The molecule has 0 saturated heterocycles. The van der Waals surface area contributed by atoms with Crippen molar-refractivity contribution in [2.24, 2.45) is 0 Å². The molecule has 1 aliphatic carbocycles. The van der Waals surface area contributed by atoms with Crippen LogP contribution < -0.4 is 5.32 Å². The monoisotopic (exact) mass is 170 g/mol. The number of rotatable bonds is 3. The van der Waals surface area contributed by atoms with Gasteiger partial charge in [-0.25, -0.2) is 0 Å². The number of carbonyl (C=O) groups excluding carboxylic acids is 1. The van der Waals surface area contributed by atoms with Crippen LogP contribution in [0.15, 0.2) is 0 Å². The second-order valence-corrected chi connectivity index (χ2v) is 3.47. The van der Waals surface area contributed by atoms with E-state index in [4.69, 9.17) is 0 Å². The summed E-state index contributed by atoms with van der Waals surface area (Å²) in [4.78, 5) is 13.3. The van der Waals surface area contributed by atoms with Crippen molar-refractivity contribution >= 4 is 5.91 Å². The summed E-state index contributed by atoms with van der Waals surface area (Å²) in [5.41, 5.74) is 0. The van der Waals surface area contributed by atoms with Gasteiger partial charge in [0.2, 0.25) is 5.91 Å². The van der Waals surface area contributed by atoms with Gasteiger partial charge in [-0.15, -0.1) is 0 Å². The molecule has 70 valence electrons. The molecule has 1 fully saturated rings. The first kappa shape index (κ1) is 9.52. The summed E-state index contributed by atoms with van der Waals surface area (Å²) < 4.78 is 0. The van der Waals surface area contributed by atoms with Gasteiger partial charge < -0.3 is 10.2 Å². The Balaban J connectivity index is 2.34. The molecule has 0 bridgehead atoms. The Morgan fingerprint density at radius 2 is 2.08 bits per heavy atom. The number of nitrogens with one attached hydrogen (secondary N) is 1. The van der Waals surface area contributed by atoms with Crippen LogP contribution in [0.4, 0.5) is 0 Å². The molecule has 0 heterocycles. The van der Waals surface area contributed by atoms with Gasteiger partial charge in [-0.1, -0.05) is 12.8 Å². The third-order valence-electron chi connectivity index (χ3n) is 2.59. The predicted molar refractivity (Wildman–Crippen MR) is 49.0 cm³/mol. The Bertz CT molecular complexity index is 153. The van der Waals surface area contributed by atoms with Gasteiger partial charge in [0.05, 0.1) is 6.54 Å². The van der Waals surface area contributed by atoms with Crippen molar-refractivity contribution in [3.8, 4) is 0 Å². The molecule has 0 aromatic heterocycles. The van der Waals surface area contributed by atoms with E-state index < -0.39 is 0 Å². The molecule has 1 saturated carbocycles. The Morgan fingerprint density at radius 1 is 1.50 bits per heavy atom. The highest BCUT2D eigenvalue weighted by molar-refractivity contribution is 5.78. The summed E-state index contributed by atoms with van der Waals surface area (Å²) in [6, 6.07) is 0.505. The zero-order valence-electron chi connectivity index (χ0n) is 7.97. The fourth-order valence-corrected chi connectivity index (χ4v) is 1.77. The number of carbonyl (C=O) groups is 1. The fraction of sp³-hybridized carbons (Fsp3) is 0.889. The highest BCUT2D eigenvalue weighted by atomic mass is 16.2. The lowest BCUT2D eigenvalue weighted by molar-refractivity contribution is -0.130. The topological polar surface area (TPSA) is 32.3 Å². The molecule has 1 rings (SSSR count). The van der Waals surface area contributed by atoms with Gasteiger partial charge in [0.15, 0.2) is 0 Å². The lowest BCUT2D eigenvalue weighted by atomic mass is 10.2. The second kappa shape index (κ2) is 4.45. The van der Waals surface area contributed by atoms with Crippen LogP contribution in [0.3, 0.4) is 0 Å². The van der Waals surface area contributed by atoms with E-state index in [1.807, 2.05) is 11.9 Å². The average Bonchev–Trinajstić information content (AvgIpc) is 2.55. The average molecular weight is 170 g/mol. The lowest BCUT2D eigenvalue weighted by Crippen LogP contribution is -2.39. The third kappa shape index (κ3) is 2.21. The molecule has 0 unspecified atom stereocenters. The van der Waals surface area contributed by atoms with Crippen LogP contribution in [-0.4, -0.2) is 37.5 Å². The van der Waals surface area contributed by atoms with Crippen LogP contribution in [0.5, 0.6) is 0 Å². The first-order valence-corrected chi connectivity index (χ1v) is 4.66. The molecule has 0 atom stereocenters. The quantitative estimate of drug-likeness (QED) is 0.673. The Hall–Kier alpha value is -0.570. The van der Waals surface area contributed by atoms with E-state index in [1.165, 1.54) is 25.7 Å². The van der Waals surface area contributed by atoms with Gasteiger partial charge in [-0.2, -0.15) is 0 Å². The molecule has 0 aliphatic heterocycles. The summed E-state index contributed by atoms with van der Waals surface area (Å²) in [6.07, 6.45) is 4.93. The minimum atomic E-state index is 0.212. The first-order valence-electron chi connectivity index (χ1n) is 4.66. The van der Waals surface area contributed by atoms with Crippen molar-refractivity contribution < 1.29 is 4.79 Å². The third-order valence-corrected chi connectivity index (χ3v) is 2.59. The standard InChI is InChI=1S/C9H18N2O/c1-10-7-9(12)11(2)8-5-3-4-6-8/h8,10H,3-7H2,1-2H3. The van der Waals surface area contributed by atoms with Gasteiger partial charge in [-0.3, -0.25) is 4.79 Å². The lowest BCUT2D eigenvalue weighted by Gasteiger charge is -2.24. The van der Waals surface area contributed by atoms with Gasteiger partial charge in [0, 0.05) is 13.1 Å². The van der Waals surface area contributed by atoms with Crippen molar-refractivity contribution in [3.63, 3.8) is 0 Å². The minimum Gasteiger partial charge on any atom is -0.342 e. The predicted octanol–water partition coefficient (Wildman–Crippen LogP) is 0.607. The summed E-state index contributed by atoms with van der Waals surface area (Å²) in [6.45, 7) is 0.465. The van der Waals surface area contributed by atoms with E-state index in [2.05, 4.69) is 5.32 Å². The van der Waals surface area contributed by atoms with E-state index in [1.54, 1.807) is 7.05 Å². The van der Waals surface area contributed by atoms with E-state index in [0.717, 1.165) is 0 Å². The van der Waals surface area contributed by atoms with E-state index in [9.17, 15) is 4.79 Å². The fourth-order valence-electron chi connectivity index (χ4n) is 1.77. The number of amides is 1. The van der Waals surface area contributed by atoms with Gasteiger partial charge in [0.1, 0.15) is 0 Å². The highest BCUT2D eigenvalue weighted by Gasteiger charge is 2.22. The molecule has 1 aliphatic rings. The van der Waals surface area contributed by atoms with Crippen molar-refractivity contribution in [3.05, 3.63) is 0 Å². The number of hydrogen-bond acceptors (Lipinski definition) is 2. The molecule has 0 radical (unpaired) electrons. The largest absolute Gasteiger partial charge is 0.342 e. The minimum absolute atomic E-state index is 0.212. The number of hydrogen-bond donors (Lipinski definition) is 1. The zero-order valence-corrected chi connectivity index (χ0v) is 7.97. The van der Waals surface area contributed by atoms with Crippen LogP contribution in [0.25, 0.3) is 0 Å². The van der Waals surface area contributed by atoms with Gasteiger partial charge in [-0.05, 0) is 19.9 Å². The molecule has 3 heteroatoms. The molecule has 12 heavy (non-hydrogen) atoms. The van der Waals surface area contributed by atoms with E-state index >= 15 is 0 Å². The molecule has 1 amide bonds. The SMILES string of the molecule is CNCC(=O)N(C)C1CCCC1. The summed E-state index contributed by atoms with van der Waals surface area (Å²) >= 11 is 0. The summed E-state index contributed by atoms with van der Waals surface area (Å²) in [5, 5.41) is 2.88. The summed E-state index contributed by atoms with van der Waals surface area (Å²) in [7, 11) is 3.72. The molecule has 0 aromatic rings.